The second kappa shape index (κ2) is 6.20. The van der Waals surface area contributed by atoms with E-state index in [1.807, 2.05) is 0 Å². The minimum absolute atomic E-state index is 0.0902. The number of phosphoric ester groups is 1. The number of hydrogen-bond acceptors (Lipinski definition) is 5. The van der Waals surface area contributed by atoms with E-state index < -0.39 is 19.0 Å². The summed E-state index contributed by atoms with van der Waals surface area (Å²) in [6, 6.07) is 0. The van der Waals surface area contributed by atoms with Gasteiger partial charge in [-0.1, -0.05) is 6.58 Å². The summed E-state index contributed by atoms with van der Waals surface area (Å²) in [5.74, 6) is 0. The maximum Gasteiger partial charge on any atom is 0.477 e. The summed E-state index contributed by atoms with van der Waals surface area (Å²) in [4.78, 5) is 1.64. The molecule has 0 aliphatic rings. The van der Waals surface area contributed by atoms with Crippen molar-refractivity contribution in [3.63, 3.8) is 0 Å². The average molecular weight is 279 g/mol. The van der Waals surface area contributed by atoms with Crippen LogP contribution >= 0.6 is 7.82 Å². The first-order chi connectivity index (χ1) is 7.87. The Hall–Kier alpha value is -0.350. The number of phosphoric acid groups is 1. The van der Waals surface area contributed by atoms with E-state index in [0.29, 0.717) is 0 Å². The fraction of sp³-hybridized carbons (Fsp3) is 0.833. The van der Waals surface area contributed by atoms with E-state index in [-0.39, 0.29) is 6.73 Å². The molecule has 0 aromatic heterocycles. The van der Waals surface area contributed by atoms with Crippen molar-refractivity contribution in [2.24, 2.45) is 0 Å². The van der Waals surface area contributed by atoms with E-state index in [1.54, 1.807) is 59.7 Å². The molecule has 0 saturated carbocycles. The maximum atomic E-state index is 12.5. The molecular formula is C12H26NO4P. The Kier molecular flexibility index (Phi) is 6.08. The molecule has 0 amide bonds. The summed E-state index contributed by atoms with van der Waals surface area (Å²) in [5.41, 5.74) is -1.24. The Balaban J connectivity index is 4.81. The highest BCUT2D eigenvalue weighted by atomic mass is 31.2. The highest BCUT2D eigenvalue weighted by Crippen LogP contribution is 2.55. The lowest BCUT2D eigenvalue weighted by Crippen LogP contribution is -2.26. The fourth-order valence-electron chi connectivity index (χ4n) is 0.957. The first kappa shape index (κ1) is 17.6. The summed E-state index contributed by atoms with van der Waals surface area (Å²) >= 11 is 0. The van der Waals surface area contributed by atoms with Crippen LogP contribution in [0.2, 0.25) is 0 Å². The van der Waals surface area contributed by atoms with E-state index in [0.717, 1.165) is 0 Å². The predicted molar refractivity (Wildman–Crippen MR) is 73.2 cm³/mol. The van der Waals surface area contributed by atoms with Crippen LogP contribution in [0, 0.1) is 0 Å². The molecule has 0 radical (unpaired) electrons. The van der Waals surface area contributed by atoms with E-state index in [1.165, 1.54) is 0 Å². The summed E-state index contributed by atoms with van der Waals surface area (Å²) < 4.78 is 28.7. The highest BCUT2D eigenvalue weighted by molar-refractivity contribution is 7.48. The normalized spacial score (nSPS) is 13.5. The molecule has 0 N–H and O–H groups in total. The van der Waals surface area contributed by atoms with Crippen LogP contribution in [0.4, 0.5) is 0 Å². The van der Waals surface area contributed by atoms with Gasteiger partial charge in [0.1, 0.15) is 6.73 Å². The first-order valence-electron chi connectivity index (χ1n) is 5.86. The van der Waals surface area contributed by atoms with Crippen LogP contribution in [0.5, 0.6) is 0 Å². The molecule has 0 atom stereocenters. The molecule has 0 spiro atoms. The second-order valence-corrected chi connectivity index (χ2v) is 7.57. The lowest BCUT2D eigenvalue weighted by molar-refractivity contribution is -0.00675. The minimum atomic E-state index is -3.62. The van der Waals surface area contributed by atoms with Crippen molar-refractivity contribution in [2.75, 3.05) is 13.8 Å². The van der Waals surface area contributed by atoms with Gasteiger partial charge >= 0.3 is 7.82 Å². The van der Waals surface area contributed by atoms with E-state index in [9.17, 15) is 4.57 Å². The molecule has 0 aliphatic heterocycles. The van der Waals surface area contributed by atoms with Gasteiger partial charge in [-0.05, 0) is 47.7 Å². The van der Waals surface area contributed by atoms with E-state index in [4.69, 9.17) is 13.6 Å². The van der Waals surface area contributed by atoms with Gasteiger partial charge in [-0.3, -0.25) is 13.6 Å². The van der Waals surface area contributed by atoms with Gasteiger partial charge in [0.15, 0.2) is 0 Å². The van der Waals surface area contributed by atoms with Gasteiger partial charge in [0.25, 0.3) is 0 Å². The average Bonchev–Trinajstić information content (AvgIpc) is 2.07. The molecule has 0 aromatic carbocycles. The van der Waals surface area contributed by atoms with Crippen LogP contribution in [0.25, 0.3) is 0 Å². The standard InChI is InChI=1S/C12H26NO4P/c1-9-13(8)10-15-18(14,16-11(2,3)4)17-12(5,6)7/h9H,1,10H2,2-8H3. The SMILES string of the molecule is C=CN(C)COP(=O)(OC(C)(C)C)OC(C)(C)C. The molecule has 108 valence electrons. The zero-order chi connectivity index (χ0) is 14.6. The van der Waals surface area contributed by atoms with Gasteiger partial charge < -0.3 is 4.90 Å². The number of nitrogens with zero attached hydrogens (tertiary/aromatic N) is 1. The van der Waals surface area contributed by atoms with Crippen molar-refractivity contribution in [2.45, 2.75) is 52.7 Å². The molecule has 0 bridgehead atoms. The van der Waals surface area contributed by atoms with E-state index in [2.05, 4.69) is 6.58 Å². The van der Waals surface area contributed by atoms with Gasteiger partial charge in [0.2, 0.25) is 0 Å². The molecular weight excluding hydrogens is 253 g/mol. The molecule has 0 rings (SSSR count). The molecule has 0 heterocycles. The third-order valence-electron chi connectivity index (χ3n) is 1.50. The van der Waals surface area contributed by atoms with Crippen LogP contribution < -0.4 is 0 Å². The lowest BCUT2D eigenvalue weighted by Gasteiger charge is -2.31. The molecule has 0 aromatic rings. The van der Waals surface area contributed by atoms with Crippen molar-refractivity contribution in [3.05, 3.63) is 12.8 Å². The third kappa shape index (κ3) is 8.70. The van der Waals surface area contributed by atoms with Crippen LogP contribution in [0.1, 0.15) is 41.5 Å². The van der Waals surface area contributed by atoms with Gasteiger partial charge in [-0.2, -0.15) is 0 Å². The summed E-state index contributed by atoms with van der Waals surface area (Å²) in [7, 11) is -1.86. The van der Waals surface area contributed by atoms with Gasteiger partial charge in [0.05, 0.1) is 11.2 Å². The van der Waals surface area contributed by atoms with Crippen LogP contribution in [0.15, 0.2) is 12.8 Å². The lowest BCUT2D eigenvalue weighted by atomic mass is 10.2. The number of rotatable bonds is 6. The van der Waals surface area contributed by atoms with Crippen molar-refractivity contribution >= 4 is 7.82 Å². The van der Waals surface area contributed by atoms with Crippen molar-refractivity contribution in [3.8, 4) is 0 Å². The summed E-state index contributed by atoms with van der Waals surface area (Å²) in [6.45, 7) is 14.5. The monoisotopic (exact) mass is 279 g/mol. The third-order valence-corrected chi connectivity index (χ3v) is 3.48. The molecule has 6 heteroatoms. The van der Waals surface area contributed by atoms with Crippen molar-refractivity contribution in [1.29, 1.82) is 0 Å². The van der Waals surface area contributed by atoms with Crippen LogP contribution in [-0.4, -0.2) is 29.9 Å². The largest absolute Gasteiger partial charge is 0.477 e. The Morgan fingerprint density at radius 1 is 1.11 bits per heavy atom. The second-order valence-electron chi connectivity index (χ2n) is 6.05. The van der Waals surface area contributed by atoms with Gasteiger partial charge in [-0.25, -0.2) is 4.57 Å². The van der Waals surface area contributed by atoms with Crippen LogP contribution in [-0.2, 0) is 18.1 Å². The zero-order valence-corrected chi connectivity index (χ0v) is 13.4. The summed E-state index contributed by atoms with van der Waals surface area (Å²) in [5, 5.41) is 0. The smallest absolute Gasteiger partial charge is 0.358 e. The Labute approximate surface area is 111 Å². The molecule has 0 aliphatic carbocycles. The van der Waals surface area contributed by atoms with Gasteiger partial charge in [0, 0.05) is 7.05 Å². The van der Waals surface area contributed by atoms with Gasteiger partial charge in [-0.15, -0.1) is 0 Å². The Morgan fingerprint density at radius 2 is 1.50 bits per heavy atom. The van der Waals surface area contributed by atoms with E-state index >= 15 is 0 Å². The fourth-order valence-corrected chi connectivity index (χ4v) is 2.76. The predicted octanol–water partition coefficient (Wildman–Crippen LogP) is 3.77. The molecule has 5 nitrogen and oxygen atoms in total. The first-order valence-corrected chi connectivity index (χ1v) is 7.32. The topological polar surface area (TPSA) is 48.0 Å². The van der Waals surface area contributed by atoms with Crippen molar-refractivity contribution in [1.82, 2.24) is 4.90 Å². The minimum Gasteiger partial charge on any atom is -0.358 e. The molecule has 0 unspecified atom stereocenters. The highest BCUT2D eigenvalue weighted by Gasteiger charge is 2.37. The Bertz CT molecular complexity index is 297. The maximum absolute atomic E-state index is 12.5. The zero-order valence-electron chi connectivity index (χ0n) is 12.5. The number of hydrogen-bond donors (Lipinski definition) is 0. The van der Waals surface area contributed by atoms with Crippen molar-refractivity contribution < 1.29 is 18.1 Å². The Morgan fingerprint density at radius 3 is 1.78 bits per heavy atom. The quantitative estimate of drug-likeness (QED) is 0.547. The molecule has 0 saturated heterocycles. The van der Waals surface area contributed by atoms with Crippen LogP contribution in [0.3, 0.4) is 0 Å². The molecule has 18 heavy (non-hydrogen) atoms. The summed E-state index contributed by atoms with van der Waals surface area (Å²) in [6.07, 6.45) is 1.57. The molecule has 0 fully saturated rings.